The van der Waals surface area contributed by atoms with Crippen molar-refractivity contribution in [2.45, 2.75) is 77.2 Å². The maximum Gasteiger partial charge on any atom is 0.220 e. The molecule has 0 heterocycles. The number of hydrogen-bond donors (Lipinski definition) is 1. The van der Waals surface area contributed by atoms with Crippen molar-refractivity contribution in [3.63, 3.8) is 0 Å². The smallest absolute Gasteiger partial charge is 0.220 e. The van der Waals surface area contributed by atoms with E-state index in [4.69, 9.17) is 0 Å². The van der Waals surface area contributed by atoms with Crippen molar-refractivity contribution in [1.29, 1.82) is 0 Å². The van der Waals surface area contributed by atoms with E-state index in [0.717, 1.165) is 36.5 Å². The fraction of sp³-hybridized carbons (Fsp3) is 0.941. The Balaban J connectivity index is 1.39. The molecule has 3 rings (SSSR count). The summed E-state index contributed by atoms with van der Waals surface area (Å²) in [7, 11) is 0. The van der Waals surface area contributed by atoms with Crippen LogP contribution < -0.4 is 5.32 Å². The minimum Gasteiger partial charge on any atom is -0.353 e. The van der Waals surface area contributed by atoms with Gasteiger partial charge < -0.3 is 5.32 Å². The Kier molecular flexibility index (Phi) is 4.14. The van der Waals surface area contributed by atoms with Crippen LogP contribution >= 0.6 is 0 Å². The molecule has 0 saturated heterocycles. The van der Waals surface area contributed by atoms with Gasteiger partial charge in [-0.05, 0) is 56.3 Å². The van der Waals surface area contributed by atoms with Gasteiger partial charge >= 0.3 is 0 Å². The van der Waals surface area contributed by atoms with Crippen molar-refractivity contribution < 1.29 is 4.79 Å². The van der Waals surface area contributed by atoms with E-state index >= 15 is 0 Å². The molecular formula is C17H29NO. The van der Waals surface area contributed by atoms with E-state index < -0.39 is 0 Å². The third-order valence-electron chi connectivity index (χ3n) is 6.08. The molecule has 0 aromatic heterocycles. The number of rotatable bonds is 5. The molecular weight excluding hydrogens is 234 g/mol. The summed E-state index contributed by atoms with van der Waals surface area (Å²) in [5, 5.41) is 3.29. The van der Waals surface area contributed by atoms with Gasteiger partial charge in [-0.25, -0.2) is 0 Å². The Morgan fingerprint density at radius 1 is 1.16 bits per heavy atom. The van der Waals surface area contributed by atoms with Gasteiger partial charge in [-0.1, -0.05) is 32.1 Å². The SMILES string of the molecule is CC(NC(=O)CCC1CCCC1)C1CC2CCC1C2. The number of carbonyl (C=O) groups is 1. The van der Waals surface area contributed by atoms with Gasteiger partial charge in [-0.3, -0.25) is 4.79 Å². The first kappa shape index (κ1) is 13.5. The first-order valence-electron chi connectivity index (χ1n) is 8.51. The molecule has 108 valence electrons. The monoisotopic (exact) mass is 263 g/mol. The second-order valence-corrected chi connectivity index (χ2v) is 7.38. The van der Waals surface area contributed by atoms with Gasteiger partial charge in [-0.15, -0.1) is 0 Å². The maximum atomic E-state index is 12.1. The molecule has 19 heavy (non-hydrogen) atoms. The Morgan fingerprint density at radius 2 is 1.95 bits per heavy atom. The highest BCUT2D eigenvalue weighted by Gasteiger charge is 2.42. The summed E-state index contributed by atoms with van der Waals surface area (Å²) >= 11 is 0. The second-order valence-electron chi connectivity index (χ2n) is 7.38. The predicted octanol–water partition coefficient (Wildman–Crippen LogP) is 3.90. The average Bonchev–Trinajstić information content (AvgIpc) is 3.13. The lowest BCUT2D eigenvalue weighted by Crippen LogP contribution is -2.40. The molecule has 2 nitrogen and oxygen atoms in total. The molecule has 4 unspecified atom stereocenters. The second kappa shape index (κ2) is 5.85. The van der Waals surface area contributed by atoms with Crippen LogP contribution in [0.15, 0.2) is 0 Å². The zero-order valence-corrected chi connectivity index (χ0v) is 12.4. The van der Waals surface area contributed by atoms with E-state index in [9.17, 15) is 4.79 Å². The molecule has 3 aliphatic carbocycles. The summed E-state index contributed by atoms with van der Waals surface area (Å²) < 4.78 is 0. The first-order chi connectivity index (χ1) is 9.22. The van der Waals surface area contributed by atoms with Crippen LogP contribution in [0.5, 0.6) is 0 Å². The number of hydrogen-bond acceptors (Lipinski definition) is 1. The molecule has 3 aliphatic rings. The largest absolute Gasteiger partial charge is 0.353 e. The van der Waals surface area contributed by atoms with Gasteiger partial charge in [-0.2, -0.15) is 0 Å². The molecule has 0 aliphatic heterocycles. The van der Waals surface area contributed by atoms with E-state index in [1.807, 2.05) is 0 Å². The summed E-state index contributed by atoms with van der Waals surface area (Å²) in [6, 6.07) is 0.409. The average molecular weight is 263 g/mol. The van der Waals surface area contributed by atoms with E-state index in [1.165, 1.54) is 51.4 Å². The molecule has 3 saturated carbocycles. The molecule has 4 atom stereocenters. The number of nitrogens with one attached hydrogen (secondary N) is 1. The van der Waals surface area contributed by atoms with Crippen molar-refractivity contribution in [1.82, 2.24) is 5.32 Å². The molecule has 0 spiro atoms. The lowest BCUT2D eigenvalue weighted by Gasteiger charge is -2.28. The van der Waals surface area contributed by atoms with Crippen LogP contribution in [-0.2, 0) is 4.79 Å². The van der Waals surface area contributed by atoms with Gasteiger partial charge in [0.15, 0.2) is 0 Å². The van der Waals surface area contributed by atoms with Crippen LogP contribution in [0, 0.1) is 23.7 Å². The summed E-state index contributed by atoms with van der Waals surface area (Å²) in [6.45, 7) is 2.23. The molecule has 1 N–H and O–H groups in total. The van der Waals surface area contributed by atoms with E-state index in [1.54, 1.807) is 0 Å². The quantitative estimate of drug-likeness (QED) is 0.801. The predicted molar refractivity (Wildman–Crippen MR) is 77.7 cm³/mol. The van der Waals surface area contributed by atoms with Crippen LogP contribution in [0.25, 0.3) is 0 Å². The van der Waals surface area contributed by atoms with Crippen molar-refractivity contribution in [3.8, 4) is 0 Å². The maximum absolute atomic E-state index is 12.1. The number of amides is 1. The van der Waals surface area contributed by atoms with E-state index in [-0.39, 0.29) is 0 Å². The molecule has 3 fully saturated rings. The highest BCUT2D eigenvalue weighted by atomic mass is 16.1. The van der Waals surface area contributed by atoms with Gasteiger partial charge in [0, 0.05) is 12.5 Å². The van der Waals surface area contributed by atoms with Crippen molar-refractivity contribution >= 4 is 5.91 Å². The van der Waals surface area contributed by atoms with Gasteiger partial charge in [0.2, 0.25) is 5.91 Å². The fourth-order valence-corrected chi connectivity index (χ4v) is 4.97. The standard InChI is InChI=1S/C17H29NO/c1-12(16-11-14-6-8-15(16)10-14)18-17(19)9-7-13-4-2-3-5-13/h12-16H,2-11H2,1H3,(H,18,19). The van der Waals surface area contributed by atoms with E-state index in [2.05, 4.69) is 12.2 Å². The Morgan fingerprint density at radius 3 is 2.58 bits per heavy atom. The summed E-state index contributed by atoms with van der Waals surface area (Å²) in [6.07, 6.45) is 13.0. The minimum absolute atomic E-state index is 0.308. The Labute approximate surface area is 117 Å². The lowest BCUT2D eigenvalue weighted by molar-refractivity contribution is -0.122. The van der Waals surface area contributed by atoms with Crippen molar-refractivity contribution in [2.75, 3.05) is 0 Å². The van der Waals surface area contributed by atoms with Crippen LogP contribution in [0.1, 0.15) is 71.1 Å². The summed E-state index contributed by atoms with van der Waals surface area (Å²) in [5.41, 5.74) is 0. The Bertz CT molecular complexity index is 321. The normalized spacial score (nSPS) is 35.7. The third-order valence-corrected chi connectivity index (χ3v) is 6.08. The highest BCUT2D eigenvalue weighted by molar-refractivity contribution is 5.76. The zero-order chi connectivity index (χ0) is 13.2. The lowest BCUT2D eigenvalue weighted by atomic mass is 9.84. The van der Waals surface area contributed by atoms with E-state index in [0.29, 0.717) is 11.9 Å². The fourth-order valence-electron chi connectivity index (χ4n) is 4.97. The molecule has 0 radical (unpaired) electrons. The zero-order valence-electron chi connectivity index (χ0n) is 12.4. The Hall–Kier alpha value is -0.530. The molecule has 1 amide bonds. The first-order valence-corrected chi connectivity index (χ1v) is 8.51. The molecule has 0 aromatic carbocycles. The van der Waals surface area contributed by atoms with Gasteiger partial charge in [0.25, 0.3) is 0 Å². The highest BCUT2D eigenvalue weighted by Crippen LogP contribution is 2.49. The van der Waals surface area contributed by atoms with Gasteiger partial charge in [0.05, 0.1) is 0 Å². The number of fused-ring (bicyclic) bond motifs is 2. The van der Waals surface area contributed by atoms with Crippen molar-refractivity contribution in [2.24, 2.45) is 23.7 Å². The molecule has 2 heteroatoms. The molecule has 2 bridgehead atoms. The van der Waals surface area contributed by atoms with Crippen LogP contribution in [0.4, 0.5) is 0 Å². The topological polar surface area (TPSA) is 29.1 Å². The third kappa shape index (κ3) is 3.14. The van der Waals surface area contributed by atoms with Crippen LogP contribution in [0.2, 0.25) is 0 Å². The van der Waals surface area contributed by atoms with Gasteiger partial charge in [0.1, 0.15) is 0 Å². The summed E-state index contributed by atoms with van der Waals surface area (Å²) in [5.74, 6) is 3.81. The molecule has 0 aromatic rings. The van der Waals surface area contributed by atoms with Crippen molar-refractivity contribution in [3.05, 3.63) is 0 Å². The summed E-state index contributed by atoms with van der Waals surface area (Å²) in [4.78, 5) is 12.1. The van der Waals surface area contributed by atoms with Crippen LogP contribution in [0.3, 0.4) is 0 Å². The van der Waals surface area contributed by atoms with Crippen LogP contribution in [-0.4, -0.2) is 11.9 Å². The minimum atomic E-state index is 0.308. The number of carbonyl (C=O) groups excluding carboxylic acids is 1.